The number of rotatable bonds is 10. The molecular weight excluding hydrogens is 488 g/mol. The monoisotopic (exact) mass is 516 g/mol. The number of nitrogens with one attached hydrogen (secondary N) is 1. The molecule has 0 aliphatic carbocycles. The predicted molar refractivity (Wildman–Crippen MR) is 146 cm³/mol. The number of hydrogen-bond acceptors (Lipinski definition) is 4. The maximum absolute atomic E-state index is 13.2. The Balaban J connectivity index is 1.60. The lowest BCUT2D eigenvalue weighted by Gasteiger charge is -2.22. The van der Waals surface area contributed by atoms with Crippen LogP contribution in [0.2, 0.25) is 5.02 Å². The lowest BCUT2D eigenvalue weighted by molar-refractivity contribution is -0.116. The van der Waals surface area contributed by atoms with E-state index in [0.717, 1.165) is 29.8 Å². The zero-order valence-electron chi connectivity index (χ0n) is 20.9. The number of aromatic nitrogens is 2. The minimum Gasteiger partial charge on any atom is -0.497 e. The largest absolute Gasteiger partial charge is 0.497 e. The fraction of sp³-hybridized carbons (Fsp3) is 0.207. The van der Waals surface area contributed by atoms with Gasteiger partial charge in [-0.05, 0) is 48.9 Å². The molecule has 0 aliphatic heterocycles. The number of amides is 2. The highest BCUT2D eigenvalue weighted by atomic mass is 35.5. The standard InChI is InChI=1S/C29H29ClN4O3/c1-3-4-17-33(29(36)22-11-8-12-23(30)18-22)20-28(35)31-27-19-26(21-9-6-5-7-10-21)32-34(27)24-13-15-25(37-2)16-14-24/h5-16,18-19H,3-4,17,20H2,1-2H3,(H,31,35). The van der Waals surface area contributed by atoms with Gasteiger partial charge < -0.3 is 15.0 Å². The second-order valence-corrected chi connectivity index (χ2v) is 8.97. The third kappa shape index (κ3) is 6.57. The van der Waals surface area contributed by atoms with Gasteiger partial charge in [0.25, 0.3) is 5.91 Å². The van der Waals surface area contributed by atoms with E-state index in [9.17, 15) is 9.59 Å². The molecule has 0 radical (unpaired) electrons. The summed E-state index contributed by atoms with van der Waals surface area (Å²) in [6, 6.07) is 25.7. The number of methoxy groups -OCH3 is 1. The third-order valence-corrected chi connectivity index (χ3v) is 6.07. The van der Waals surface area contributed by atoms with Crippen LogP contribution in [0.15, 0.2) is 84.9 Å². The number of nitrogens with zero attached hydrogens (tertiary/aromatic N) is 3. The van der Waals surface area contributed by atoms with Crippen LogP contribution in [-0.2, 0) is 4.79 Å². The molecule has 3 aromatic carbocycles. The van der Waals surface area contributed by atoms with Crippen molar-refractivity contribution < 1.29 is 14.3 Å². The number of benzene rings is 3. The molecule has 190 valence electrons. The highest BCUT2D eigenvalue weighted by Crippen LogP contribution is 2.26. The first-order valence-corrected chi connectivity index (χ1v) is 12.5. The molecule has 4 rings (SSSR count). The van der Waals surface area contributed by atoms with Gasteiger partial charge in [-0.2, -0.15) is 5.10 Å². The van der Waals surface area contributed by atoms with Crippen molar-refractivity contribution in [2.75, 3.05) is 25.5 Å². The number of carbonyl (C=O) groups excluding carboxylic acids is 2. The van der Waals surface area contributed by atoms with E-state index in [1.807, 2.05) is 67.6 Å². The van der Waals surface area contributed by atoms with Gasteiger partial charge in [0.1, 0.15) is 18.1 Å². The summed E-state index contributed by atoms with van der Waals surface area (Å²) in [5.74, 6) is 0.663. The van der Waals surface area contributed by atoms with E-state index in [1.54, 1.807) is 41.0 Å². The van der Waals surface area contributed by atoms with Crippen LogP contribution in [-0.4, -0.2) is 46.7 Å². The van der Waals surface area contributed by atoms with Crippen LogP contribution in [0.1, 0.15) is 30.1 Å². The Labute approximate surface area is 221 Å². The van der Waals surface area contributed by atoms with Gasteiger partial charge in [-0.15, -0.1) is 0 Å². The van der Waals surface area contributed by atoms with E-state index >= 15 is 0 Å². The summed E-state index contributed by atoms with van der Waals surface area (Å²) < 4.78 is 6.95. The quantitative estimate of drug-likeness (QED) is 0.277. The first kappa shape index (κ1) is 26.0. The Kier molecular flexibility index (Phi) is 8.59. The van der Waals surface area contributed by atoms with Gasteiger partial charge in [0.2, 0.25) is 5.91 Å². The molecule has 0 bridgehead atoms. The lowest BCUT2D eigenvalue weighted by atomic mass is 10.1. The Bertz CT molecular complexity index is 1350. The van der Waals surface area contributed by atoms with Gasteiger partial charge in [0, 0.05) is 28.8 Å². The molecule has 8 heteroatoms. The minimum atomic E-state index is -0.319. The normalized spacial score (nSPS) is 10.7. The topological polar surface area (TPSA) is 76.5 Å². The van der Waals surface area contributed by atoms with Crippen molar-refractivity contribution in [1.29, 1.82) is 0 Å². The molecule has 0 fully saturated rings. The van der Waals surface area contributed by atoms with E-state index in [2.05, 4.69) is 5.32 Å². The molecule has 1 heterocycles. The number of ether oxygens (including phenoxy) is 1. The Morgan fingerprint density at radius 2 is 1.76 bits per heavy atom. The fourth-order valence-electron chi connectivity index (χ4n) is 3.90. The second-order valence-electron chi connectivity index (χ2n) is 8.53. The molecule has 1 aromatic heterocycles. The first-order chi connectivity index (χ1) is 18.0. The van der Waals surface area contributed by atoms with Crippen LogP contribution in [0.3, 0.4) is 0 Å². The smallest absolute Gasteiger partial charge is 0.254 e. The van der Waals surface area contributed by atoms with Crippen LogP contribution in [0.25, 0.3) is 16.9 Å². The Morgan fingerprint density at radius 1 is 1.00 bits per heavy atom. The predicted octanol–water partition coefficient (Wildman–Crippen LogP) is 6.08. The number of carbonyl (C=O) groups is 2. The molecule has 4 aromatic rings. The van der Waals surface area contributed by atoms with Crippen molar-refractivity contribution in [1.82, 2.24) is 14.7 Å². The molecule has 0 unspecified atom stereocenters. The summed E-state index contributed by atoms with van der Waals surface area (Å²) in [4.78, 5) is 28.0. The minimum absolute atomic E-state index is 0.0974. The highest BCUT2D eigenvalue weighted by molar-refractivity contribution is 6.31. The van der Waals surface area contributed by atoms with Crippen LogP contribution in [0, 0.1) is 0 Å². The molecule has 2 amide bonds. The van der Waals surface area contributed by atoms with Crippen LogP contribution >= 0.6 is 11.6 Å². The molecule has 0 saturated heterocycles. The third-order valence-electron chi connectivity index (χ3n) is 5.84. The maximum Gasteiger partial charge on any atom is 0.254 e. The molecular formula is C29H29ClN4O3. The van der Waals surface area contributed by atoms with Crippen LogP contribution in [0.4, 0.5) is 5.82 Å². The van der Waals surface area contributed by atoms with Gasteiger partial charge >= 0.3 is 0 Å². The number of halogens is 1. The summed E-state index contributed by atoms with van der Waals surface area (Å²) in [6.07, 6.45) is 1.67. The average Bonchev–Trinajstić information content (AvgIpc) is 3.34. The number of anilines is 1. The first-order valence-electron chi connectivity index (χ1n) is 12.1. The Hall–Kier alpha value is -4.10. The summed E-state index contributed by atoms with van der Waals surface area (Å²) in [6.45, 7) is 2.41. The van der Waals surface area contributed by atoms with Crippen molar-refractivity contribution in [2.24, 2.45) is 0 Å². The number of hydrogen-bond donors (Lipinski definition) is 1. The van der Waals surface area contributed by atoms with Crippen molar-refractivity contribution in [3.8, 4) is 22.7 Å². The molecule has 0 aliphatic rings. The van der Waals surface area contributed by atoms with E-state index in [1.165, 1.54) is 0 Å². The SMILES string of the molecule is CCCCN(CC(=O)Nc1cc(-c2ccccc2)nn1-c1ccc(OC)cc1)C(=O)c1cccc(Cl)c1. The molecule has 0 spiro atoms. The summed E-state index contributed by atoms with van der Waals surface area (Å²) in [5.41, 5.74) is 2.85. The van der Waals surface area contributed by atoms with Crippen LogP contribution in [0.5, 0.6) is 5.75 Å². The van der Waals surface area contributed by atoms with E-state index in [-0.39, 0.29) is 18.4 Å². The van der Waals surface area contributed by atoms with Crippen molar-refractivity contribution in [2.45, 2.75) is 19.8 Å². The molecule has 0 saturated carbocycles. The van der Waals surface area contributed by atoms with Gasteiger partial charge in [-0.3, -0.25) is 9.59 Å². The molecule has 37 heavy (non-hydrogen) atoms. The zero-order chi connectivity index (χ0) is 26.2. The van der Waals surface area contributed by atoms with E-state index < -0.39 is 0 Å². The van der Waals surface area contributed by atoms with E-state index in [4.69, 9.17) is 21.4 Å². The van der Waals surface area contributed by atoms with Gasteiger partial charge in [0.05, 0.1) is 18.5 Å². The highest BCUT2D eigenvalue weighted by Gasteiger charge is 2.21. The van der Waals surface area contributed by atoms with Gasteiger partial charge in [0.15, 0.2) is 0 Å². The van der Waals surface area contributed by atoms with Gasteiger partial charge in [-0.1, -0.05) is 61.3 Å². The fourth-order valence-corrected chi connectivity index (χ4v) is 4.09. The summed E-state index contributed by atoms with van der Waals surface area (Å²) in [5, 5.41) is 8.18. The van der Waals surface area contributed by atoms with E-state index in [0.29, 0.717) is 28.6 Å². The van der Waals surface area contributed by atoms with Gasteiger partial charge in [-0.25, -0.2) is 4.68 Å². The maximum atomic E-state index is 13.2. The van der Waals surface area contributed by atoms with Crippen molar-refractivity contribution >= 4 is 29.2 Å². The molecule has 7 nitrogen and oxygen atoms in total. The summed E-state index contributed by atoms with van der Waals surface area (Å²) in [7, 11) is 1.61. The summed E-state index contributed by atoms with van der Waals surface area (Å²) >= 11 is 6.09. The number of unbranched alkanes of at least 4 members (excludes halogenated alkanes) is 1. The lowest BCUT2D eigenvalue weighted by Crippen LogP contribution is -2.39. The second kappa shape index (κ2) is 12.2. The zero-order valence-corrected chi connectivity index (χ0v) is 21.6. The van der Waals surface area contributed by atoms with Crippen molar-refractivity contribution in [3.05, 3.63) is 95.5 Å². The van der Waals surface area contributed by atoms with Crippen molar-refractivity contribution in [3.63, 3.8) is 0 Å². The average molecular weight is 517 g/mol. The molecule has 1 N–H and O–H groups in total. The Morgan fingerprint density at radius 3 is 2.43 bits per heavy atom. The molecule has 0 atom stereocenters. The van der Waals surface area contributed by atoms with Crippen LogP contribution < -0.4 is 10.1 Å².